The molecule has 0 N–H and O–H groups in total. The van der Waals surface area contributed by atoms with E-state index >= 15 is 0 Å². The topological polar surface area (TPSA) is 64.4 Å². The smallest absolute Gasteiger partial charge is 0.310 e. The average Bonchev–Trinajstić information content (AvgIpc) is 3.10. The van der Waals surface area contributed by atoms with E-state index in [0.29, 0.717) is 25.8 Å². The summed E-state index contributed by atoms with van der Waals surface area (Å²) in [6.07, 6.45) is 5.52. The Morgan fingerprint density at radius 1 is 1.45 bits per heavy atom. The Hall–Kier alpha value is -1.85. The molecule has 1 fully saturated rings. The lowest BCUT2D eigenvalue weighted by atomic mass is 9.91. The van der Waals surface area contributed by atoms with E-state index in [2.05, 4.69) is 5.10 Å². The molecule has 2 heterocycles. The van der Waals surface area contributed by atoms with Crippen molar-refractivity contribution in [1.29, 1.82) is 0 Å². The van der Waals surface area contributed by atoms with Crippen molar-refractivity contribution in [2.75, 3.05) is 13.7 Å². The van der Waals surface area contributed by atoms with Crippen molar-refractivity contribution in [3.8, 4) is 0 Å². The molecule has 0 aromatic carbocycles. The molecule has 0 unspecified atom stereocenters. The summed E-state index contributed by atoms with van der Waals surface area (Å²) in [4.78, 5) is 26.3. The number of nitrogens with zero attached hydrogens (tertiary/aromatic N) is 3. The lowest BCUT2D eigenvalue weighted by Crippen LogP contribution is -2.43. The molecule has 22 heavy (non-hydrogen) atoms. The first-order valence-electron chi connectivity index (χ1n) is 7.79. The van der Waals surface area contributed by atoms with E-state index in [-0.39, 0.29) is 29.8 Å². The molecule has 0 radical (unpaired) electrons. The minimum absolute atomic E-state index is 0.0613. The maximum Gasteiger partial charge on any atom is 0.310 e. The fourth-order valence-electron chi connectivity index (χ4n) is 3.34. The van der Waals surface area contributed by atoms with Gasteiger partial charge >= 0.3 is 5.97 Å². The first kappa shape index (κ1) is 16.5. The number of amides is 1. The molecule has 2 rings (SSSR count). The molecule has 2 atom stereocenters. The summed E-state index contributed by atoms with van der Waals surface area (Å²) >= 11 is 0. The van der Waals surface area contributed by atoms with Crippen molar-refractivity contribution in [3.05, 3.63) is 18.0 Å². The number of hydrogen-bond acceptors (Lipinski definition) is 4. The van der Waals surface area contributed by atoms with Gasteiger partial charge in [-0.2, -0.15) is 5.10 Å². The van der Waals surface area contributed by atoms with Gasteiger partial charge in [-0.1, -0.05) is 13.8 Å². The third kappa shape index (κ3) is 3.48. The predicted molar refractivity (Wildman–Crippen MR) is 82.0 cm³/mol. The Labute approximate surface area is 131 Å². The van der Waals surface area contributed by atoms with Crippen molar-refractivity contribution in [2.24, 2.45) is 18.9 Å². The van der Waals surface area contributed by atoms with Gasteiger partial charge in [0.25, 0.3) is 0 Å². The van der Waals surface area contributed by atoms with Crippen LogP contribution in [0.2, 0.25) is 0 Å². The molecule has 1 amide bonds. The van der Waals surface area contributed by atoms with Crippen molar-refractivity contribution in [3.63, 3.8) is 0 Å². The molecular formula is C16H25N3O3. The number of carbonyl (C=O) groups is 2. The van der Waals surface area contributed by atoms with Crippen molar-refractivity contribution >= 4 is 11.9 Å². The summed E-state index contributed by atoms with van der Waals surface area (Å²) in [6, 6.07) is -0.0613. The summed E-state index contributed by atoms with van der Waals surface area (Å²) < 4.78 is 6.62. The van der Waals surface area contributed by atoms with Crippen LogP contribution in [0, 0.1) is 11.8 Å². The van der Waals surface area contributed by atoms with Gasteiger partial charge in [-0.3, -0.25) is 14.3 Å². The van der Waals surface area contributed by atoms with Crippen molar-refractivity contribution in [1.82, 2.24) is 14.7 Å². The minimum Gasteiger partial charge on any atom is -0.469 e. The Morgan fingerprint density at radius 3 is 2.73 bits per heavy atom. The second-order valence-corrected chi connectivity index (χ2v) is 6.26. The van der Waals surface area contributed by atoms with Gasteiger partial charge < -0.3 is 9.64 Å². The van der Waals surface area contributed by atoms with Gasteiger partial charge in [-0.25, -0.2) is 0 Å². The standard InChI is InChI=1S/C16H25N3O3/c1-11(2)15-13(16(21)22-4)7-8-19(15)14(20)6-5-12-9-17-18(3)10-12/h9-11,13,15H,5-8H2,1-4H3/t13-,15-/m0/s1. The van der Waals surface area contributed by atoms with Crippen LogP contribution in [0.1, 0.15) is 32.3 Å². The first-order valence-corrected chi connectivity index (χ1v) is 7.79. The largest absolute Gasteiger partial charge is 0.469 e. The maximum absolute atomic E-state index is 12.5. The number of methoxy groups -OCH3 is 1. The van der Waals surface area contributed by atoms with Gasteiger partial charge in [0.05, 0.1) is 19.2 Å². The van der Waals surface area contributed by atoms with E-state index in [1.165, 1.54) is 7.11 Å². The van der Waals surface area contributed by atoms with Crippen LogP contribution in [0.3, 0.4) is 0 Å². The second-order valence-electron chi connectivity index (χ2n) is 6.26. The summed E-state index contributed by atoms with van der Waals surface area (Å²) in [5.41, 5.74) is 1.06. The number of esters is 1. The minimum atomic E-state index is -0.207. The molecule has 6 nitrogen and oxygen atoms in total. The highest BCUT2D eigenvalue weighted by Crippen LogP contribution is 2.31. The van der Waals surface area contributed by atoms with Gasteiger partial charge in [0, 0.05) is 32.3 Å². The molecule has 0 spiro atoms. The van der Waals surface area contributed by atoms with Crippen LogP contribution in [0.5, 0.6) is 0 Å². The zero-order valence-electron chi connectivity index (χ0n) is 13.8. The molecule has 122 valence electrons. The van der Waals surface area contributed by atoms with Crippen LogP contribution in [-0.4, -0.2) is 46.3 Å². The summed E-state index contributed by atoms with van der Waals surface area (Å²) in [5.74, 6) is -0.0727. The van der Waals surface area contributed by atoms with E-state index < -0.39 is 0 Å². The van der Waals surface area contributed by atoms with E-state index in [1.807, 2.05) is 32.0 Å². The zero-order chi connectivity index (χ0) is 16.3. The van der Waals surface area contributed by atoms with Crippen LogP contribution in [0.15, 0.2) is 12.4 Å². The lowest BCUT2D eigenvalue weighted by Gasteiger charge is -2.30. The fourth-order valence-corrected chi connectivity index (χ4v) is 3.34. The number of carbonyl (C=O) groups excluding carboxylic acids is 2. The number of rotatable bonds is 5. The third-order valence-electron chi connectivity index (χ3n) is 4.35. The van der Waals surface area contributed by atoms with Crippen LogP contribution >= 0.6 is 0 Å². The predicted octanol–water partition coefficient (Wildman–Crippen LogP) is 1.40. The van der Waals surface area contributed by atoms with Gasteiger partial charge in [0.15, 0.2) is 0 Å². The molecule has 1 aliphatic heterocycles. The van der Waals surface area contributed by atoms with Crippen LogP contribution in [-0.2, 0) is 27.8 Å². The van der Waals surface area contributed by atoms with Gasteiger partial charge in [-0.05, 0) is 24.3 Å². The van der Waals surface area contributed by atoms with Gasteiger partial charge in [0.2, 0.25) is 5.91 Å². The Balaban J connectivity index is 2.00. The number of likely N-dealkylation sites (tertiary alicyclic amines) is 1. The summed E-state index contributed by atoms with van der Waals surface area (Å²) in [7, 11) is 3.27. The molecule has 1 aromatic heterocycles. The maximum atomic E-state index is 12.5. The summed E-state index contributed by atoms with van der Waals surface area (Å²) in [5, 5.41) is 4.11. The number of ether oxygens (including phenoxy) is 1. The zero-order valence-corrected chi connectivity index (χ0v) is 13.8. The third-order valence-corrected chi connectivity index (χ3v) is 4.35. The molecule has 6 heteroatoms. The van der Waals surface area contributed by atoms with Gasteiger partial charge in [-0.15, -0.1) is 0 Å². The van der Waals surface area contributed by atoms with E-state index in [9.17, 15) is 9.59 Å². The highest BCUT2D eigenvalue weighted by molar-refractivity contribution is 5.80. The Bertz CT molecular complexity index is 538. The number of aryl methyl sites for hydroxylation is 2. The Morgan fingerprint density at radius 2 is 2.18 bits per heavy atom. The quantitative estimate of drug-likeness (QED) is 0.771. The van der Waals surface area contributed by atoms with E-state index in [4.69, 9.17) is 4.74 Å². The molecule has 0 aliphatic carbocycles. The monoisotopic (exact) mass is 307 g/mol. The number of hydrogen-bond donors (Lipinski definition) is 0. The van der Waals surface area contributed by atoms with Crippen molar-refractivity contribution < 1.29 is 14.3 Å². The van der Waals surface area contributed by atoms with Gasteiger partial charge in [0.1, 0.15) is 0 Å². The molecule has 1 aromatic rings. The fraction of sp³-hybridized carbons (Fsp3) is 0.688. The normalized spacial score (nSPS) is 21.4. The van der Waals surface area contributed by atoms with E-state index in [1.54, 1.807) is 10.9 Å². The van der Waals surface area contributed by atoms with Crippen LogP contribution in [0.4, 0.5) is 0 Å². The molecule has 1 aliphatic rings. The first-order chi connectivity index (χ1) is 10.4. The molecule has 1 saturated heterocycles. The molecule has 0 saturated carbocycles. The molecule has 0 bridgehead atoms. The SMILES string of the molecule is COC(=O)[C@H]1CCN(C(=O)CCc2cnn(C)c2)[C@H]1C(C)C. The number of aromatic nitrogens is 2. The molecular weight excluding hydrogens is 282 g/mol. The van der Waals surface area contributed by atoms with Crippen LogP contribution in [0.25, 0.3) is 0 Å². The van der Waals surface area contributed by atoms with E-state index in [0.717, 1.165) is 5.56 Å². The van der Waals surface area contributed by atoms with Crippen LogP contribution < -0.4 is 0 Å². The summed E-state index contributed by atoms with van der Waals surface area (Å²) in [6.45, 7) is 4.73. The Kier molecular flexibility index (Phi) is 5.21. The second kappa shape index (κ2) is 6.94. The van der Waals surface area contributed by atoms with Crippen molar-refractivity contribution in [2.45, 2.75) is 39.2 Å². The lowest BCUT2D eigenvalue weighted by molar-refractivity contribution is -0.147. The average molecular weight is 307 g/mol. The highest BCUT2D eigenvalue weighted by Gasteiger charge is 2.42. The highest BCUT2D eigenvalue weighted by atomic mass is 16.5.